The monoisotopic (exact) mass is 391 g/mol. The molecule has 1 aliphatic heterocycles. The molecule has 0 radical (unpaired) electrons. The zero-order valence-corrected chi connectivity index (χ0v) is 15.8. The number of hydrogen-bond donors (Lipinski definition) is 0. The molecular formula is C20H19Cl2NO3. The molecule has 0 N–H and O–H groups in total. The lowest BCUT2D eigenvalue weighted by molar-refractivity contribution is -0.164. The van der Waals surface area contributed by atoms with Gasteiger partial charge in [-0.25, -0.2) is 0 Å². The molecule has 0 bridgehead atoms. The van der Waals surface area contributed by atoms with E-state index in [0.717, 1.165) is 17.4 Å². The molecule has 0 aliphatic carbocycles. The van der Waals surface area contributed by atoms with Crippen molar-refractivity contribution in [2.45, 2.75) is 31.5 Å². The summed E-state index contributed by atoms with van der Waals surface area (Å²) in [5.41, 5.74) is 1.71. The Morgan fingerprint density at radius 1 is 1.15 bits per heavy atom. The maximum Gasteiger partial charge on any atom is 0.249 e. The van der Waals surface area contributed by atoms with Crippen molar-refractivity contribution in [2.24, 2.45) is 0 Å². The first-order valence-corrected chi connectivity index (χ1v) is 9.19. The molecule has 1 amide bonds. The molecule has 1 fully saturated rings. The summed E-state index contributed by atoms with van der Waals surface area (Å²) < 4.78 is 5.90. The van der Waals surface area contributed by atoms with Crippen LogP contribution in [0.3, 0.4) is 0 Å². The highest BCUT2D eigenvalue weighted by atomic mass is 35.5. The van der Waals surface area contributed by atoms with Crippen LogP contribution in [0.4, 0.5) is 0 Å². The summed E-state index contributed by atoms with van der Waals surface area (Å²) in [6.07, 6.45) is 0.921. The van der Waals surface area contributed by atoms with Crippen molar-refractivity contribution < 1.29 is 14.3 Å². The molecule has 1 aliphatic rings. The zero-order chi connectivity index (χ0) is 18.7. The van der Waals surface area contributed by atoms with E-state index in [0.29, 0.717) is 16.5 Å². The number of ether oxygens (including phenoxy) is 1. The second-order valence-electron chi connectivity index (χ2n) is 6.20. The van der Waals surface area contributed by atoms with Gasteiger partial charge in [0.2, 0.25) is 5.91 Å². The average Bonchev–Trinajstić information content (AvgIpc) is 2.64. The van der Waals surface area contributed by atoms with Gasteiger partial charge in [-0.1, -0.05) is 54.4 Å². The molecule has 1 heterocycles. The van der Waals surface area contributed by atoms with E-state index < -0.39 is 18.2 Å². The Kier molecular flexibility index (Phi) is 5.97. The molecule has 0 spiro atoms. The van der Waals surface area contributed by atoms with Crippen LogP contribution in [0, 0.1) is 0 Å². The fourth-order valence-electron chi connectivity index (χ4n) is 3.33. The summed E-state index contributed by atoms with van der Waals surface area (Å²) in [5, 5.41) is 1.19. The van der Waals surface area contributed by atoms with Gasteiger partial charge in [0.1, 0.15) is 19.0 Å². The molecule has 4 nitrogen and oxygen atoms in total. The summed E-state index contributed by atoms with van der Waals surface area (Å²) in [6, 6.07) is 13.7. The van der Waals surface area contributed by atoms with Crippen LogP contribution >= 0.6 is 23.2 Å². The van der Waals surface area contributed by atoms with Gasteiger partial charge in [0.25, 0.3) is 0 Å². The van der Waals surface area contributed by atoms with Gasteiger partial charge in [0.05, 0.1) is 12.1 Å². The first-order valence-electron chi connectivity index (χ1n) is 8.44. The van der Waals surface area contributed by atoms with Gasteiger partial charge < -0.3 is 14.4 Å². The molecule has 136 valence electrons. The highest BCUT2D eigenvalue weighted by molar-refractivity contribution is 6.30. The Bertz CT molecular complexity index is 794. The Balaban J connectivity index is 2.11. The van der Waals surface area contributed by atoms with E-state index >= 15 is 0 Å². The van der Waals surface area contributed by atoms with E-state index in [1.54, 1.807) is 23.1 Å². The molecule has 2 aromatic carbocycles. The van der Waals surface area contributed by atoms with Crippen LogP contribution in [0.5, 0.6) is 0 Å². The molecule has 2 aromatic rings. The van der Waals surface area contributed by atoms with E-state index in [1.165, 1.54) is 0 Å². The van der Waals surface area contributed by atoms with Gasteiger partial charge in [-0.05, 0) is 41.8 Å². The Hall–Kier alpha value is -1.88. The number of carbonyl (C=O) groups is 2. The van der Waals surface area contributed by atoms with Crippen LogP contribution in [0.1, 0.15) is 36.6 Å². The number of amides is 1. The van der Waals surface area contributed by atoms with Gasteiger partial charge >= 0.3 is 0 Å². The van der Waals surface area contributed by atoms with Crippen molar-refractivity contribution in [1.29, 1.82) is 0 Å². The molecule has 0 unspecified atom stereocenters. The van der Waals surface area contributed by atoms with Crippen LogP contribution in [-0.2, 0) is 14.3 Å². The quantitative estimate of drug-likeness (QED) is 0.698. The molecule has 0 aromatic heterocycles. The van der Waals surface area contributed by atoms with Gasteiger partial charge in [-0.15, -0.1) is 0 Å². The van der Waals surface area contributed by atoms with Crippen molar-refractivity contribution in [3.8, 4) is 0 Å². The van der Waals surface area contributed by atoms with E-state index in [9.17, 15) is 9.59 Å². The summed E-state index contributed by atoms with van der Waals surface area (Å²) in [5.74, 6) is -0.206. The predicted octanol–water partition coefficient (Wildman–Crippen LogP) is 4.61. The number of halogens is 2. The fraction of sp³-hybridized carbons (Fsp3) is 0.300. The van der Waals surface area contributed by atoms with Crippen molar-refractivity contribution in [1.82, 2.24) is 4.90 Å². The molecule has 0 saturated carbocycles. The van der Waals surface area contributed by atoms with Gasteiger partial charge in [0.15, 0.2) is 0 Å². The zero-order valence-electron chi connectivity index (χ0n) is 14.3. The maximum absolute atomic E-state index is 12.6. The SMILES string of the molecule is CC[C@@H](C=O)N1C(=O)CO[C@H](c2cccc(Cl)c2)[C@H]1c1ccc(Cl)cc1. The maximum atomic E-state index is 12.6. The third kappa shape index (κ3) is 3.78. The molecule has 3 atom stereocenters. The van der Waals surface area contributed by atoms with Crippen LogP contribution in [0.15, 0.2) is 48.5 Å². The third-order valence-corrected chi connectivity index (χ3v) is 5.07. The smallest absolute Gasteiger partial charge is 0.249 e. The topological polar surface area (TPSA) is 46.6 Å². The van der Waals surface area contributed by atoms with Crippen molar-refractivity contribution in [3.63, 3.8) is 0 Å². The van der Waals surface area contributed by atoms with Gasteiger partial charge in [0, 0.05) is 10.0 Å². The summed E-state index contributed by atoms with van der Waals surface area (Å²) in [4.78, 5) is 25.9. The third-order valence-electron chi connectivity index (χ3n) is 4.58. The minimum atomic E-state index is -0.520. The fourth-order valence-corrected chi connectivity index (χ4v) is 3.66. The van der Waals surface area contributed by atoms with Crippen molar-refractivity contribution in [3.05, 3.63) is 69.7 Å². The number of nitrogens with zero attached hydrogens (tertiary/aromatic N) is 1. The molecule has 1 saturated heterocycles. The highest BCUT2D eigenvalue weighted by Crippen LogP contribution is 2.42. The number of carbonyl (C=O) groups excluding carboxylic acids is 2. The van der Waals surface area contributed by atoms with Crippen LogP contribution in [0.25, 0.3) is 0 Å². The number of aldehydes is 1. The Labute approximate surface area is 162 Å². The molecule has 26 heavy (non-hydrogen) atoms. The number of rotatable bonds is 5. The summed E-state index contributed by atoms with van der Waals surface area (Å²) in [6.45, 7) is 1.81. The predicted molar refractivity (Wildman–Crippen MR) is 101 cm³/mol. The summed E-state index contributed by atoms with van der Waals surface area (Å²) in [7, 11) is 0. The van der Waals surface area contributed by atoms with Crippen LogP contribution in [0.2, 0.25) is 10.0 Å². The second-order valence-corrected chi connectivity index (χ2v) is 7.07. The van der Waals surface area contributed by atoms with Crippen molar-refractivity contribution >= 4 is 35.4 Å². The molecular weight excluding hydrogens is 373 g/mol. The number of morpholine rings is 1. The molecule has 6 heteroatoms. The normalized spacial score (nSPS) is 21.5. The second kappa shape index (κ2) is 8.21. The van der Waals surface area contributed by atoms with E-state index in [4.69, 9.17) is 27.9 Å². The standard InChI is InChI=1S/C20H19Cl2NO3/c1-2-17(11-24)23-18(25)12-26-20(14-4-3-5-16(22)10-14)19(23)13-6-8-15(21)9-7-13/h3-11,17,19-20H,2,12H2,1H3/t17-,19+,20+/m0/s1. The minimum absolute atomic E-state index is 0.0778. The van der Waals surface area contributed by atoms with Crippen molar-refractivity contribution in [2.75, 3.05) is 6.61 Å². The largest absolute Gasteiger partial charge is 0.361 e. The van der Waals surface area contributed by atoms with E-state index in [1.807, 2.05) is 37.3 Å². The number of hydrogen-bond acceptors (Lipinski definition) is 3. The summed E-state index contributed by atoms with van der Waals surface area (Å²) >= 11 is 12.2. The number of benzene rings is 2. The van der Waals surface area contributed by atoms with Gasteiger partial charge in [-0.2, -0.15) is 0 Å². The van der Waals surface area contributed by atoms with Gasteiger partial charge in [-0.3, -0.25) is 4.79 Å². The molecule has 3 rings (SSSR count). The van der Waals surface area contributed by atoms with Crippen LogP contribution < -0.4 is 0 Å². The average molecular weight is 392 g/mol. The first-order chi connectivity index (χ1) is 12.5. The minimum Gasteiger partial charge on any atom is -0.361 e. The van der Waals surface area contributed by atoms with Crippen LogP contribution in [-0.4, -0.2) is 29.7 Å². The Morgan fingerprint density at radius 2 is 1.88 bits per heavy atom. The lowest BCUT2D eigenvalue weighted by Crippen LogP contribution is -2.51. The lowest BCUT2D eigenvalue weighted by atomic mass is 9.91. The lowest BCUT2D eigenvalue weighted by Gasteiger charge is -2.44. The highest BCUT2D eigenvalue weighted by Gasteiger charge is 2.41. The van der Waals surface area contributed by atoms with E-state index in [2.05, 4.69) is 0 Å². The first kappa shape index (κ1) is 18.9. The Morgan fingerprint density at radius 3 is 2.50 bits per heavy atom. The van der Waals surface area contributed by atoms with E-state index in [-0.39, 0.29) is 12.5 Å².